The quantitative estimate of drug-likeness (QED) is 0.894. The highest BCUT2D eigenvalue weighted by molar-refractivity contribution is 5.93. The first kappa shape index (κ1) is 18.0. The summed E-state index contributed by atoms with van der Waals surface area (Å²) in [6, 6.07) is 7.80. The smallest absolute Gasteiger partial charge is 0.276 e. The van der Waals surface area contributed by atoms with Crippen molar-refractivity contribution in [1.82, 2.24) is 10.1 Å². The number of aliphatic hydroxyl groups is 1. The Morgan fingerprint density at radius 1 is 1.33 bits per heavy atom. The number of hydrogen-bond donors (Lipinski definition) is 1. The highest BCUT2D eigenvalue weighted by atomic mass is 16.5. The zero-order valence-electron chi connectivity index (χ0n) is 15.9. The maximum atomic E-state index is 13.0. The fraction of sp³-hybridized carbons (Fsp3) is 0.524. The molecule has 2 heterocycles. The van der Waals surface area contributed by atoms with E-state index in [2.05, 4.69) is 5.16 Å². The van der Waals surface area contributed by atoms with E-state index >= 15 is 0 Å². The molecule has 1 saturated carbocycles. The van der Waals surface area contributed by atoms with Crippen LogP contribution in [0.2, 0.25) is 0 Å². The van der Waals surface area contributed by atoms with Crippen LogP contribution in [0.4, 0.5) is 0 Å². The lowest BCUT2D eigenvalue weighted by molar-refractivity contribution is -0.0953. The number of hydrogen-bond acceptors (Lipinski definition) is 5. The van der Waals surface area contributed by atoms with Gasteiger partial charge in [0.15, 0.2) is 5.69 Å². The Morgan fingerprint density at radius 3 is 2.74 bits per heavy atom. The first-order chi connectivity index (χ1) is 13.0. The first-order valence-corrected chi connectivity index (χ1v) is 9.60. The molecule has 1 aliphatic carbocycles. The molecular formula is C21H26N2O4. The van der Waals surface area contributed by atoms with Crippen molar-refractivity contribution in [2.45, 2.75) is 52.2 Å². The number of carbonyl (C=O) groups is 1. The third kappa shape index (κ3) is 3.34. The fourth-order valence-electron chi connectivity index (χ4n) is 4.16. The summed E-state index contributed by atoms with van der Waals surface area (Å²) >= 11 is 0. The Bertz CT molecular complexity index is 836. The molecule has 2 aliphatic rings. The van der Waals surface area contributed by atoms with E-state index in [4.69, 9.17) is 9.26 Å². The van der Waals surface area contributed by atoms with Crippen molar-refractivity contribution in [3.63, 3.8) is 0 Å². The van der Waals surface area contributed by atoms with E-state index < -0.39 is 0 Å². The summed E-state index contributed by atoms with van der Waals surface area (Å²) < 4.78 is 11.2. The average molecular weight is 370 g/mol. The molecule has 1 aromatic heterocycles. The second-order valence-electron chi connectivity index (χ2n) is 7.88. The zero-order valence-corrected chi connectivity index (χ0v) is 15.9. The minimum Gasteiger partial charge on any atom is -0.489 e. The van der Waals surface area contributed by atoms with Crippen LogP contribution in [-0.4, -0.2) is 40.3 Å². The third-order valence-electron chi connectivity index (χ3n) is 6.23. The van der Waals surface area contributed by atoms with Gasteiger partial charge in [0, 0.05) is 13.1 Å². The number of amides is 1. The van der Waals surface area contributed by atoms with Crippen LogP contribution in [-0.2, 0) is 6.61 Å². The van der Waals surface area contributed by atoms with Gasteiger partial charge in [0.25, 0.3) is 5.91 Å². The van der Waals surface area contributed by atoms with Gasteiger partial charge in [-0.05, 0) is 62.6 Å². The van der Waals surface area contributed by atoms with Gasteiger partial charge in [-0.2, -0.15) is 0 Å². The predicted octanol–water partition coefficient (Wildman–Crippen LogP) is 3.25. The first-order valence-electron chi connectivity index (χ1n) is 9.60. The Labute approximate surface area is 159 Å². The van der Waals surface area contributed by atoms with Gasteiger partial charge < -0.3 is 19.3 Å². The fourth-order valence-corrected chi connectivity index (χ4v) is 4.16. The number of benzene rings is 1. The third-order valence-corrected chi connectivity index (χ3v) is 6.23. The van der Waals surface area contributed by atoms with Crippen LogP contribution >= 0.6 is 0 Å². The summed E-state index contributed by atoms with van der Waals surface area (Å²) in [7, 11) is 0. The van der Waals surface area contributed by atoms with Crippen molar-refractivity contribution in [3.05, 3.63) is 46.8 Å². The van der Waals surface area contributed by atoms with Crippen molar-refractivity contribution >= 4 is 5.91 Å². The van der Waals surface area contributed by atoms with E-state index in [1.165, 1.54) is 0 Å². The van der Waals surface area contributed by atoms with Gasteiger partial charge in [0.05, 0.1) is 11.7 Å². The van der Waals surface area contributed by atoms with Gasteiger partial charge in [0.1, 0.15) is 18.1 Å². The number of nitrogens with zero attached hydrogens (tertiary/aromatic N) is 2. The van der Waals surface area contributed by atoms with Gasteiger partial charge in [-0.1, -0.05) is 17.3 Å². The molecule has 0 bridgehead atoms. The number of rotatable bonds is 4. The SMILES string of the molecule is Cc1cccc(OCc2c(C(=O)N3CCC4(CCC4O)CC3)noc2C)c1. The molecule has 6 heteroatoms. The highest BCUT2D eigenvalue weighted by Gasteiger charge is 2.48. The molecule has 1 N–H and O–H groups in total. The highest BCUT2D eigenvalue weighted by Crippen LogP contribution is 2.49. The standard InChI is InChI=1S/C21H26N2O4/c1-14-4-3-5-16(12-14)26-13-17-15(2)27-22-19(17)20(25)23-10-8-21(9-11-23)7-6-18(21)24/h3-5,12,18,24H,6-11,13H2,1-2H3. The lowest BCUT2D eigenvalue weighted by Gasteiger charge is -2.51. The lowest BCUT2D eigenvalue weighted by Crippen LogP contribution is -2.53. The van der Waals surface area contributed by atoms with E-state index in [1.54, 1.807) is 6.92 Å². The Hall–Kier alpha value is -2.34. The number of carbonyl (C=O) groups excluding carboxylic acids is 1. The van der Waals surface area contributed by atoms with Gasteiger partial charge in [-0.3, -0.25) is 4.79 Å². The molecule has 2 aromatic rings. The van der Waals surface area contributed by atoms with Crippen molar-refractivity contribution < 1.29 is 19.2 Å². The molecule has 27 heavy (non-hydrogen) atoms. The van der Waals surface area contributed by atoms with E-state index in [-0.39, 0.29) is 24.0 Å². The predicted molar refractivity (Wildman–Crippen MR) is 99.6 cm³/mol. The van der Waals surface area contributed by atoms with Crippen LogP contribution in [0.15, 0.2) is 28.8 Å². The van der Waals surface area contributed by atoms with E-state index in [0.717, 1.165) is 37.0 Å². The number of aromatic nitrogens is 1. The van der Waals surface area contributed by atoms with Gasteiger partial charge in [-0.15, -0.1) is 0 Å². The van der Waals surface area contributed by atoms with E-state index in [1.807, 2.05) is 36.1 Å². The Kier molecular flexibility index (Phi) is 4.68. The molecule has 1 aliphatic heterocycles. The summed E-state index contributed by atoms with van der Waals surface area (Å²) in [5.74, 6) is 1.25. The number of likely N-dealkylation sites (tertiary alicyclic amines) is 1. The van der Waals surface area contributed by atoms with Gasteiger partial charge >= 0.3 is 0 Å². The molecule has 4 rings (SSSR count). The molecule has 144 valence electrons. The second-order valence-corrected chi connectivity index (χ2v) is 7.88. The molecule has 0 radical (unpaired) electrons. The van der Waals surface area contributed by atoms with Crippen molar-refractivity contribution in [1.29, 1.82) is 0 Å². The minimum absolute atomic E-state index is 0.0353. The number of piperidine rings is 1. The van der Waals surface area contributed by atoms with Crippen LogP contribution in [0, 0.1) is 19.3 Å². The summed E-state index contributed by atoms with van der Waals surface area (Å²) in [4.78, 5) is 14.8. The molecule has 1 amide bonds. The lowest BCUT2D eigenvalue weighted by atomic mass is 9.61. The molecule has 1 atom stereocenters. The number of ether oxygens (including phenoxy) is 1. The van der Waals surface area contributed by atoms with Crippen LogP contribution in [0.25, 0.3) is 0 Å². The average Bonchev–Trinajstić information content (AvgIpc) is 3.05. The normalized spacial score (nSPS) is 21.1. The van der Waals surface area contributed by atoms with Crippen molar-refractivity contribution in [2.24, 2.45) is 5.41 Å². The largest absolute Gasteiger partial charge is 0.489 e. The molecule has 1 aromatic carbocycles. The van der Waals surface area contributed by atoms with Crippen LogP contribution in [0.5, 0.6) is 5.75 Å². The molecule has 1 spiro atoms. The van der Waals surface area contributed by atoms with Crippen molar-refractivity contribution in [2.75, 3.05) is 13.1 Å². The number of aryl methyl sites for hydroxylation is 2. The topological polar surface area (TPSA) is 75.8 Å². The summed E-state index contributed by atoms with van der Waals surface area (Å²) in [6.07, 6.45) is 3.45. The number of aliphatic hydroxyl groups excluding tert-OH is 1. The molecule has 1 unspecified atom stereocenters. The Morgan fingerprint density at radius 2 is 2.11 bits per heavy atom. The summed E-state index contributed by atoms with van der Waals surface area (Å²) in [5.41, 5.74) is 2.19. The summed E-state index contributed by atoms with van der Waals surface area (Å²) in [6.45, 7) is 5.36. The van der Waals surface area contributed by atoms with E-state index in [9.17, 15) is 9.90 Å². The molecule has 2 fully saturated rings. The minimum atomic E-state index is -0.206. The van der Waals surface area contributed by atoms with Gasteiger partial charge in [-0.25, -0.2) is 0 Å². The maximum Gasteiger partial charge on any atom is 0.276 e. The van der Waals surface area contributed by atoms with Crippen LogP contribution < -0.4 is 4.74 Å². The van der Waals surface area contributed by atoms with Gasteiger partial charge in [0.2, 0.25) is 0 Å². The Balaban J connectivity index is 1.44. The second kappa shape index (κ2) is 7.00. The summed E-state index contributed by atoms with van der Waals surface area (Å²) in [5, 5.41) is 14.1. The van der Waals surface area contributed by atoms with Crippen LogP contribution in [0.1, 0.15) is 53.1 Å². The molecular weight excluding hydrogens is 344 g/mol. The monoisotopic (exact) mass is 370 g/mol. The molecule has 6 nitrogen and oxygen atoms in total. The van der Waals surface area contributed by atoms with E-state index in [0.29, 0.717) is 30.1 Å². The van der Waals surface area contributed by atoms with Crippen LogP contribution in [0.3, 0.4) is 0 Å². The maximum absolute atomic E-state index is 13.0. The van der Waals surface area contributed by atoms with Crippen molar-refractivity contribution in [3.8, 4) is 5.75 Å². The zero-order chi connectivity index (χ0) is 19.0. The molecule has 1 saturated heterocycles.